The third-order valence-corrected chi connectivity index (χ3v) is 5.89. The predicted octanol–water partition coefficient (Wildman–Crippen LogP) is 5.01. The number of rotatable bonds is 6. The summed E-state index contributed by atoms with van der Waals surface area (Å²) in [6, 6.07) is 0.785. The van der Waals surface area contributed by atoms with E-state index in [1.807, 2.05) is 0 Å². The van der Waals surface area contributed by atoms with E-state index in [4.69, 9.17) is 0 Å². The lowest BCUT2D eigenvalue weighted by Crippen LogP contribution is -2.44. The van der Waals surface area contributed by atoms with Gasteiger partial charge in [-0.25, -0.2) is 0 Å². The number of hydrogen-bond donors (Lipinski definition) is 1. The molecular weight excluding hydrogens is 230 g/mol. The summed E-state index contributed by atoms with van der Waals surface area (Å²) < 4.78 is 0. The lowest BCUT2D eigenvalue weighted by atomic mass is 9.65. The van der Waals surface area contributed by atoms with Crippen molar-refractivity contribution in [3.63, 3.8) is 0 Å². The standard InChI is InChI=1S/C18H35N/c1-4-8-14(3)18(19-5-2)17-12-11-15-9-6-7-10-16(15)13-17/h14-19H,4-13H2,1-3H3. The molecule has 0 aromatic carbocycles. The smallest absolute Gasteiger partial charge is 0.0121 e. The SMILES string of the molecule is CCCC(C)C(NCC)C1CCC2CCCCC2C1. The molecule has 2 saturated carbocycles. The molecule has 1 N–H and O–H groups in total. The molecule has 0 aliphatic heterocycles. The van der Waals surface area contributed by atoms with Crippen LogP contribution in [-0.4, -0.2) is 12.6 Å². The second-order valence-corrected chi connectivity index (χ2v) is 7.23. The molecule has 0 bridgehead atoms. The van der Waals surface area contributed by atoms with Gasteiger partial charge in [0.05, 0.1) is 0 Å². The summed E-state index contributed by atoms with van der Waals surface area (Å²) in [6.45, 7) is 8.22. The maximum absolute atomic E-state index is 3.83. The Bertz CT molecular complexity index is 250. The molecule has 1 nitrogen and oxygen atoms in total. The highest BCUT2D eigenvalue weighted by Crippen LogP contribution is 2.44. The van der Waals surface area contributed by atoms with Crippen molar-refractivity contribution >= 4 is 0 Å². The van der Waals surface area contributed by atoms with Crippen molar-refractivity contribution < 1.29 is 0 Å². The van der Waals surface area contributed by atoms with Crippen molar-refractivity contribution in [1.82, 2.24) is 5.32 Å². The normalized spacial score (nSPS) is 34.6. The largest absolute Gasteiger partial charge is 0.314 e. The van der Waals surface area contributed by atoms with Gasteiger partial charge in [0.25, 0.3) is 0 Å². The Balaban J connectivity index is 1.93. The first-order valence-electron chi connectivity index (χ1n) is 8.99. The number of fused-ring (bicyclic) bond motifs is 1. The molecule has 5 unspecified atom stereocenters. The minimum Gasteiger partial charge on any atom is -0.314 e. The molecule has 2 fully saturated rings. The quantitative estimate of drug-likeness (QED) is 0.712. The fourth-order valence-electron chi connectivity index (χ4n) is 4.94. The number of nitrogens with one attached hydrogen (secondary N) is 1. The Kier molecular flexibility index (Phi) is 6.19. The Hall–Kier alpha value is -0.0400. The average molecular weight is 265 g/mol. The molecule has 2 rings (SSSR count). The average Bonchev–Trinajstić information content (AvgIpc) is 2.44. The van der Waals surface area contributed by atoms with Crippen LogP contribution in [0.4, 0.5) is 0 Å². The van der Waals surface area contributed by atoms with Gasteiger partial charge in [-0.1, -0.05) is 52.9 Å². The van der Waals surface area contributed by atoms with Gasteiger partial charge in [-0.15, -0.1) is 0 Å². The minimum absolute atomic E-state index is 0.785. The van der Waals surface area contributed by atoms with Gasteiger partial charge in [-0.05, 0) is 55.9 Å². The minimum atomic E-state index is 0.785. The van der Waals surface area contributed by atoms with Crippen molar-refractivity contribution in [3.05, 3.63) is 0 Å². The summed E-state index contributed by atoms with van der Waals surface area (Å²) in [5, 5.41) is 3.83. The van der Waals surface area contributed by atoms with E-state index in [0.29, 0.717) is 0 Å². The summed E-state index contributed by atoms with van der Waals surface area (Å²) in [4.78, 5) is 0. The Labute approximate surface area is 120 Å². The molecule has 1 heteroatoms. The summed E-state index contributed by atoms with van der Waals surface area (Å²) in [5.74, 6) is 3.98. The first kappa shape index (κ1) is 15.4. The first-order chi connectivity index (χ1) is 9.26. The van der Waals surface area contributed by atoms with Crippen LogP contribution < -0.4 is 5.32 Å². The zero-order valence-electron chi connectivity index (χ0n) is 13.5. The van der Waals surface area contributed by atoms with Crippen LogP contribution in [-0.2, 0) is 0 Å². The Morgan fingerprint density at radius 2 is 1.74 bits per heavy atom. The van der Waals surface area contributed by atoms with E-state index in [0.717, 1.165) is 36.3 Å². The second kappa shape index (κ2) is 7.67. The van der Waals surface area contributed by atoms with Gasteiger partial charge in [0.15, 0.2) is 0 Å². The molecule has 0 aromatic heterocycles. The van der Waals surface area contributed by atoms with E-state index < -0.39 is 0 Å². The molecule has 112 valence electrons. The maximum atomic E-state index is 3.83. The van der Waals surface area contributed by atoms with Crippen LogP contribution in [0.5, 0.6) is 0 Å². The molecule has 0 amide bonds. The molecule has 2 aliphatic carbocycles. The van der Waals surface area contributed by atoms with Crippen molar-refractivity contribution in [2.24, 2.45) is 23.7 Å². The van der Waals surface area contributed by atoms with Crippen LogP contribution >= 0.6 is 0 Å². The number of hydrogen-bond acceptors (Lipinski definition) is 1. The van der Waals surface area contributed by atoms with Gasteiger partial charge in [0.2, 0.25) is 0 Å². The predicted molar refractivity (Wildman–Crippen MR) is 84.3 cm³/mol. The van der Waals surface area contributed by atoms with Crippen molar-refractivity contribution in [3.8, 4) is 0 Å². The lowest BCUT2D eigenvalue weighted by molar-refractivity contribution is 0.0943. The zero-order chi connectivity index (χ0) is 13.7. The van der Waals surface area contributed by atoms with Gasteiger partial charge >= 0.3 is 0 Å². The molecule has 0 heterocycles. The summed E-state index contributed by atoms with van der Waals surface area (Å²) in [6.07, 6.45) is 13.3. The van der Waals surface area contributed by atoms with Crippen molar-refractivity contribution in [2.75, 3.05) is 6.54 Å². The fourth-order valence-corrected chi connectivity index (χ4v) is 4.94. The third-order valence-electron chi connectivity index (χ3n) is 5.89. The molecule has 0 aromatic rings. The highest BCUT2D eigenvalue weighted by Gasteiger charge is 2.36. The zero-order valence-corrected chi connectivity index (χ0v) is 13.5. The highest BCUT2D eigenvalue weighted by atomic mass is 14.9. The van der Waals surface area contributed by atoms with Crippen molar-refractivity contribution in [1.29, 1.82) is 0 Å². The first-order valence-corrected chi connectivity index (χ1v) is 8.99. The molecule has 5 atom stereocenters. The van der Waals surface area contributed by atoms with Crippen LogP contribution in [0.15, 0.2) is 0 Å². The van der Waals surface area contributed by atoms with Crippen LogP contribution in [0, 0.1) is 23.7 Å². The highest BCUT2D eigenvalue weighted by molar-refractivity contribution is 4.89. The fraction of sp³-hybridized carbons (Fsp3) is 1.00. The monoisotopic (exact) mass is 265 g/mol. The van der Waals surface area contributed by atoms with Crippen LogP contribution in [0.1, 0.15) is 78.6 Å². The van der Waals surface area contributed by atoms with Gasteiger partial charge in [0, 0.05) is 6.04 Å². The van der Waals surface area contributed by atoms with E-state index in [9.17, 15) is 0 Å². The summed E-state index contributed by atoms with van der Waals surface area (Å²) in [7, 11) is 0. The van der Waals surface area contributed by atoms with Crippen LogP contribution in [0.3, 0.4) is 0 Å². The van der Waals surface area contributed by atoms with E-state index >= 15 is 0 Å². The van der Waals surface area contributed by atoms with E-state index in [-0.39, 0.29) is 0 Å². The second-order valence-electron chi connectivity index (χ2n) is 7.23. The molecule has 2 aliphatic rings. The van der Waals surface area contributed by atoms with Gasteiger partial charge < -0.3 is 5.32 Å². The Morgan fingerprint density at radius 1 is 1.00 bits per heavy atom. The van der Waals surface area contributed by atoms with Gasteiger partial charge in [-0.3, -0.25) is 0 Å². The molecule has 0 spiro atoms. The van der Waals surface area contributed by atoms with Crippen LogP contribution in [0.2, 0.25) is 0 Å². The van der Waals surface area contributed by atoms with Gasteiger partial charge in [0.1, 0.15) is 0 Å². The molecule has 0 saturated heterocycles. The molecule has 0 radical (unpaired) electrons. The van der Waals surface area contributed by atoms with E-state index in [1.165, 1.54) is 57.8 Å². The summed E-state index contributed by atoms with van der Waals surface area (Å²) in [5.41, 5.74) is 0. The lowest BCUT2D eigenvalue weighted by Gasteiger charge is -2.43. The third kappa shape index (κ3) is 3.97. The maximum Gasteiger partial charge on any atom is 0.0121 e. The topological polar surface area (TPSA) is 12.0 Å². The molecular formula is C18H35N. The Morgan fingerprint density at radius 3 is 2.42 bits per heavy atom. The van der Waals surface area contributed by atoms with Gasteiger partial charge in [-0.2, -0.15) is 0 Å². The molecule has 19 heavy (non-hydrogen) atoms. The van der Waals surface area contributed by atoms with Crippen LogP contribution in [0.25, 0.3) is 0 Å². The summed E-state index contributed by atoms with van der Waals surface area (Å²) >= 11 is 0. The van der Waals surface area contributed by atoms with Crippen molar-refractivity contribution in [2.45, 2.75) is 84.6 Å². The van der Waals surface area contributed by atoms with E-state index in [2.05, 4.69) is 26.1 Å². The van der Waals surface area contributed by atoms with E-state index in [1.54, 1.807) is 0 Å².